The zero-order valence-corrected chi connectivity index (χ0v) is 26.3. The average Bonchev–Trinajstić information content (AvgIpc) is 3.57. The second-order valence-electron chi connectivity index (χ2n) is 11.9. The molecule has 1 fully saturated rings. The number of nitrogens with one attached hydrogen (secondary N) is 4. The molecule has 0 spiro atoms. The predicted octanol–water partition coefficient (Wildman–Crippen LogP) is 2.76. The normalized spacial score (nSPS) is 21.7. The first-order valence-corrected chi connectivity index (χ1v) is 15.9. The van der Waals surface area contributed by atoms with E-state index in [1.807, 2.05) is 56.3 Å². The summed E-state index contributed by atoms with van der Waals surface area (Å²) in [4.78, 5) is 60.6. The van der Waals surface area contributed by atoms with Crippen LogP contribution in [0.4, 0.5) is 5.69 Å². The molecule has 2 aromatic carbocycles. The Balaban J connectivity index is 1.38. The predicted molar refractivity (Wildman–Crippen MR) is 171 cm³/mol. The van der Waals surface area contributed by atoms with E-state index in [0.717, 1.165) is 11.3 Å². The van der Waals surface area contributed by atoms with Gasteiger partial charge in [-0.05, 0) is 42.9 Å². The van der Waals surface area contributed by atoms with E-state index in [1.54, 1.807) is 12.1 Å². The highest BCUT2D eigenvalue weighted by Crippen LogP contribution is 2.23. The van der Waals surface area contributed by atoms with Gasteiger partial charge in [-0.3, -0.25) is 19.2 Å². The third kappa shape index (κ3) is 8.30. The van der Waals surface area contributed by atoms with Crippen molar-refractivity contribution in [3.8, 4) is 0 Å². The van der Waals surface area contributed by atoms with Crippen molar-refractivity contribution in [2.24, 2.45) is 5.92 Å². The van der Waals surface area contributed by atoms with E-state index < -0.39 is 35.8 Å². The topological polar surface area (TPSA) is 155 Å². The van der Waals surface area contributed by atoms with E-state index in [1.165, 1.54) is 6.26 Å². The molecular weight excluding hydrogens is 588 g/mol. The minimum atomic E-state index is -0.908. The van der Waals surface area contributed by atoms with Gasteiger partial charge >= 0.3 is 0 Å². The molecule has 3 heterocycles. The van der Waals surface area contributed by atoms with Crippen LogP contribution >= 0.6 is 0 Å². The molecule has 1 aromatic heterocycles. The number of anilines is 1. The average molecular weight is 631 g/mol. The molecule has 0 saturated carbocycles. The molecule has 1 saturated heterocycles. The number of hydrogen-bond donors (Lipinski definition) is 4. The quantitative estimate of drug-likeness (QED) is 0.324. The molecule has 2 aliphatic heterocycles. The Morgan fingerprint density at radius 2 is 1.72 bits per heavy atom. The molecule has 0 aliphatic carbocycles. The zero-order valence-electron chi connectivity index (χ0n) is 26.3. The SMILES string of the molecule is CC(C)[C@@H]1NC(=O)[C@@H](NC(=O)c2ccccc2N2CCOCC2)CCCCNC(=O)c2coc(n2)[C@@H](Cc2ccccc2)NC1=O. The summed E-state index contributed by atoms with van der Waals surface area (Å²) in [5.74, 6) is -1.74. The molecule has 3 atom stereocenters. The maximum absolute atomic E-state index is 13.8. The molecule has 12 heteroatoms. The second kappa shape index (κ2) is 15.5. The number of ether oxygens (including phenoxy) is 1. The number of benzene rings is 2. The number of hydrogen-bond acceptors (Lipinski definition) is 8. The minimum absolute atomic E-state index is 0.118. The van der Waals surface area contributed by atoms with Gasteiger partial charge in [0.2, 0.25) is 17.7 Å². The number of morpholine rings is 1. The number of fused-ring (bicyclic) bond motifs is 2. The van der Waals surface area contributed by atoms with Crippen molar-refractivity contribution in [1.29, 1.82) is 0 Å². The summed E-state index contributed by atoms with van der Waals surface area (Å²) in [5, 5.41) is 11.7. The lowest BCUT2D eigenvalue weighted by Crippen LogP contribution is -2.56. The maximum Gasteiger partial charge on any atom is 0.273 e. The van der Waals surface area contributed by atoms with E-state index in [2.05, 4.69) is 31.2 Å². The van der Waals surface area contributed by atoms with Crippen molar-refractivity contribution in [3.05, 3.63) is 83.6 Å². The van der Waals surface area contributed by atoms with E-state index in [9.17, 15) is 19.2 Å². The molecule has 2 aliphatic rings. The summed E-state index contributed by atoms with van der Waals surface area (Å²) in [5.41, 5.74) is 2.28. The highest BCUT2D eigenvalue weighted by molar-refractivity contribution is 6.02. The van der Waals surface area contributed by atoms with Gasteiger partial charge in [-0.2, -0.15) is 0 Å². The fourth-order valence-electron chi connectivity index (χ4n) is 5.67. The Hall–Kier alpha value is -4.71. The fourth-order valence-corrected chi connectivity index (χ4v) is 5.67. The van der Waals surface area contributed by atoms with Crippen LogP contribution in [0, 0.1) is 5.92 Å². The molecule has 5 rings (SSSR count). The summed E-state index contributed by atoms with van der Waals surface area (Å²) in [6.07, 6.45) is 3.05. The molecule has 0 unspecified atom stereocenters. The number of carbonyl (C=O) groups is 4. The Morgan fingerprint density at radius 1 is 0.978 bits per heavy atom. The van der Waals surface area contributed by atoms with Crippen molar-refractivity contribution in [1.82, 2.24) is 26.3 Å². The number of nitrogens with zero attached hydrogens (tertiary/aromatic N) is 2. The van der Waals surface area contributed by atoms with Gasteiger partial charge in [0, 0.05) is 31.7 Å². The summed E-state index contributed by atoms with van der Waals surface area (Å²) in [6, 6.07) is 14.3. The van der Waals surface area contributed by atoms with Crippen molar-refractivity contribution in [3.63, 3.8) is 0 Å². The highest BCUT2D eigenvalue weighted by Gasteiger charge is 2.32. The third-order valence-electron chi connectivity index (χ3n) is 8.23. The summed E-state index contributed by atoms with van der Waals surface area (Å²) >= 11 is 0. The fraction of sp³-hybridized carbons (Fsp3) is 0.441. The summed E-state index contributed by atoms with van der Waals surface area (Å²) in [7, 11) is 0. The molecule has 0 radical (unpaired) electrons. The Kier molecular flexibility index (Phi) is 11.0. The van der Waals surface area contributed by atoms with E-state index in [4.69, 9.17) is 9.15 Å². The molecule has 2 bridgehead atoms. The number of oxazole rings is 1. The zero-order chi connectivity index (χ0) is 32.5. The van der Waals surface area contributed by atoms with Crippen LogP contribution in [0.25, 0.3) is 0 Å². The van der Waals surface area contributed by atoms with Crippen LogP contribution in [-0.2, 0) is 20.7 Å². The maximum atomic E-state index is 13.8. The van der Waals surface area contributed by atoms with Crippen LogP contribution in [0.1, 0.15) is 71.5 Å². The van der Waals surface area contributed by atoms with Crippen LogP contribution in [0.3, 0.4) is 0 Å². The monoisotopic (exact) mass is 630 g/mol. The van der Waals surface area contributed by atoms with E-state index in [-0.39, 0.29) is 23.4 Å². The number of para-hydroxylation sites is 1. The summed E-state index contributed by atoms with van der Waals surface area (Å²) in [6.45, 7) is 6.49. The van der Waals surface area contributed by atoms with E-state index >= 15 is 0 Å². The molecule has 3 aromatic rings. The van der Waals surface area contributed by atoms with Crippen LogP contribution in [0.15, 0.2) is 65.3 Å². The van der Waals surface area contributed by atoms with Gasteiger partial charge in [-0.15, -0.1) is 0 Å². The van der Waals surface area contributed by atoms with Gasteiger partial charge in [-0.25, -0.2) is 4.98 Å². The highest BCUT2D eigenvalue weighted by atomic mass is 16.5. The molecule has 46 heavy (non-hydrogen) atoms. The smallest absolute Gasteiger partial charge is 0.273 e. The lowest BCUT2D eigenvalue weighted by molar-refractivity contribution is -0.131. The number of aromatic nitrogens is 1. The van der Waals surface area contributed by atoms with Gasteiger partial charge in [0.25, 0.3) is 11.8 Å². The first kappa shape index (κ1) is 32.7. The van der Waals surface area contributed by atoms with Gasteiger partial charge in [0.15, 0.2) is 5.69 Å². The number of rotatable bonds is 6. The largest absolute Gasteiger partial charge is 0.446 e. The lowest BCUT2D eigenvalue weighted by atomic mass is 10.00. The number of amides is 4. The number of carbonyl (C=O) groups excluding carboxylic acids is 4. The van der Waals surface area contributed by atoms with Crippen molar-refractivity contribution in [2.75, 3.05) is 37.7 Å². The van der Waals surface area contributed by atoms with Crippen molar-refractivity contribution in [2.45, 2.75) is 57.7 Å². The van der Waals surface area contributed by atoms with Gasteiger partial charge < -0.3 is 35.3 Å². The van der Waals surface area contributed by atoms with Crippen LogP contribution in [0.2, 0.25) is 0 Å². The lowest BCUT2D eigenvalue weighted by Gasteiger charge is -2.31. The van der Waals surface area contributed by atoms with Gasteiger partial charge in [0.05, 0.1) is 18.8 Å². The Labute approximate surface area is 268 Å². The van der Waals surface area contributed by atoms with Crippen LogP contribution < -0.4 is 26.2 Å². The Morgan fingerprint density at radius 3 is 2.48 bits per heavy atom. The molecular formula is C34H42N6O6. The van der Waals surface area contributed by atoms with Crippen LogP contribution in [-0.4, -0.2) is 73.5 Å². The molecule has 4 amide bonds. The summed E-state index contributed by atoms with van der Waals surface area (Å²) < 4.78 is 11.2. The second-order valence-corrected chi connectivity index (χ2v) is 11.9. The van der Waals surface area contributed by atoms with Gasteiger partial charge in [0.1, 0.15) is 24.4 Å². The van der Waals surface area contributed by atoms with Crippen molar-refractivity contribution < 1.29 is 28.3 Å². The van der Waals surface area contributed by atoms with Crippen molar-refractivity contribution >= 4 is 29.3 Å². The standard InChI is InChI=1S/C34H42N6O6/c1-22(2)29-33(44)37-26(20-23-10-4-3-5-11-23)34-38-27(21-46-34)31(42)35-15-9-8-13-25(32(43)39-29)36-30(41)24-12-6-7-14-28(24)40-16-18-45-19-17-40/h3-7,10-12,14,21-22,25-26,29H,8-9,13,15-20H2,1-2H3,(H,35,42)(H,36,41)(H,37,44)(H,39,43)/t25-,26+,29-/m0/s1. The molecule has 244 valence electrons. The molecule has 12 nitrogen and oxygen atoms in total. The van der Waals surface area contributed by atoms with Crippen LogP contribution in [0.5, 0.6) is 0 Å². The molecule has 4 N–H and O–H groups in total. The third-order valence-corrected chi connectivity index (χ3v) is 8.23. The first-order chi connectivity index (χ1) is 22.3. The minimum Gasteiger partial charge on any atom is -0.446 e. The first-order valence-electron chi connectivity index (χ1n) is 15.9. The Bertz CT molecular complexity index is 1500. The van der Waals surface area contributed by atoms with E-state index in [0.29, 0.717) is 64.1 Å². The van der Waals surface area contributed by atoms with Gasteiger partial charge in [-0.1, -0.05) is 56.3 Å².